The van der Waals surface area contributed by atoms with E-state index >= 15 is 0 Å². The Hall–Kier alpha value is -1.63. The summed E-state index contributed by atoms with van der Waals surface area (Å²) in [5.74, 6) is -0.0388. The van der Waals surface area contributed by atoms with Crippen molar-refractivity contribution in [2.45, 2.75) is 51.0 Å². The number of methoxy groups -OCH3 is 1. The Morgan fingerprint density at radius 1 is 1.27 bits per heavy atom. The molecule has 0 saturated carbocycles. The van der Waals surface area contributed by atoms with Gasteiger partial charge < -0.3 is 18.9 Å². The lowest BCUT2D eigenvalue weighted by Crippen LogP contribution is -2.42. The van der Waals surface area contributed by atoms with Crippen molar-refractivity contribution < 1.29 is 23.7 Å². The van der Waals surface area contributed by atoms with Crippen molar-refractivity contribution in [2.24, 2.45) is 0 Å². The molecule has 2 saturated heterocycles. The van der Waals surface area contributed by atoms with Gasteiger partial charge in [0, 0.05) is 13.0 Å². The van der Waals surface area contributed by atoms with Crippen LogP contribution in [0.4, 0.5) is 0 Å². The Kier molecular flexibility index (Phi) is 6.51. The molecule has 144 valence electrons. The van der Waals surface area contributed by atoms with Crippen molar-refractivity contribution in [3.8, 4) is 5.75 Å². The molecule has 1 aromatic carbocycles. The molecular weight excluding hydrogens is 334 g/mol. The fourth-order valence-electron chi connectivity index (χ4n) is 3.53. The molecule has 0 aromatic heterocycles. The van der Waals surface area contributed by atoms with Crippen LogP contribution < -0.4 is 4.74 Å². The van der Waals surface area contributed by atoms with Crippen LogP contribution in [0.15, 0.2) is 24.3 Å². The van der Waals surface area contributed by atoms with Gasteiger partial charge in [0.15, 0.2) is 5.79 Å². The Labute approximate surface area is 155 Å². The second kappa shape index (κ2) is 8.84. The van der Waals surface area contributed by atoms with Gasteiger partial charge in [-0.3, -0.25) is 9.69 Å². The summed E-state index contributed by atoms with van der Waals surface area (Å²) < 4.78 is 22.5. The third kappa shape index (κ3) is 4.55. The van der Waals surface area contributed by atoms with E-state index in [0.717, 1.165) is 37.2 Å². The summed E-state index contributed by atoms with van der Waals surface area (Å²) in [6, 6.07) is 7.71. The van der Waals surface area contributed by atoms with Crippen LogP contribution in [-0.2, 0) is 25.5 Å². The average Bonchev–Trinajstić information content (AvgIpc) is 3.00. The van der Waals surface area contributed by atoms with Crippen LogP contribution in [0.2, 0.25) is 0 Å². The van der Waals surface area contributed by atoms with E-state index in [-0.39, 0.29) is 12.0 Å². The van der Waals surface area contributed by atoms with Crippen molar-refractivity contribution >= 4 is 5.97 Å². The lowest BCUT2D eigenvalue weighted by Gasteiger charge is -2.33. The molecule has 3 rings (SSSR count). The minimum absolute atomic E-state index is 0.237. The highest BCUT2D eigenvalue weighted by Gasteiger charge is 2.50. The Morgan fingerprint density at radius 3 is 2.65 bits per heavy atom. The number of likely N-dealkylation sites (tertiary alicyclic amines) is 1. The first-order chi connectivity index (χ1) is 12.7. The zero-order valence-corrected chi connectivity index (χ0v) is 15.7. The Morgan fingerprint density at radius 2 is 2.00 bits per heavy atom. The van der Waals surface area contributed by atoms with Crippen LogP contribution in [-0.4, -0.2) is 56.2 Å². The van der Waals surface area contributed by atoms with Crippen molar-refractivity contribution in [1.82, 2.24) is 4.90 Å². The van der Waals surface area contributed by atoms with Gasteiger partial charge in [0.05, 0.1) is 33.5 Å². The molecule has 0 amide bonds. The number of benzene rings is 1. The first-order valence-electron chi connectivity index (χ1n) is 9.47. The minimum atomic E-state index is -0.680. The number of ether oxygens (including phenoxy) is 4. The molecule has 6 nitrogen and oxygen atoms in total. The molecule has 2 aliphatic rings. The number of carbonyl (C=O) groups is 1. The minimum Gasteiger partial charge on any atom is -0.494 e. The molecule has 0 N–H and O–H groups in total. The predicted octanol–water partition coefficient (Wildman–Crippen LogP) is 2.75. The molecular formula is C20H29NO5. The van der Waals surface area contributed by atoms with Crippen LogP contribution in [0.1, 0.15) is 38.2 Å². The van der Waals surface area contributed by atoms with E-state index in [1.807, 2.05) is 24.3 Å². The highest BCUT2D eigenvalue weighted by Crippen LogP contribution is 2.35. The van der Waals surface area contributed by atoms with Gasteiger partial charge in [0.1, 0.15) is 11.8 Å². The second-order valence-corrected chi connectivity index (χ2v) is 6.96. The molecule has 0 aliphatic carbocycles. The molecule has 2 aliphatic heterocycles. The lowest BCUT2D eigenvalue weighted by molar-refractivity contribution is -0.258. The van der Waals surface area contributed by atoms with E-state index in [4.69, 9.17) is 18.9 Å². The third-order valence-electron chi connectivity index (χ3n) is 4.96. The monoisotopic (exact) mass is 363 g/mol. The highest BCUT2D eigenvalue weighted by molar-refractivity contribution is 5.76. The Balaban J connectivity index is 1.65. The maximum atomic E-state index is 12.2. The molecule has 2 fully saturated rings. The third-order valence-corrected chi connectivity index (χ3v) is 4.96. The summed E-state index contributed by atoms with van der Waals surface area (Å²) >= 11 is 0. The quantitative estimate of drug-likeness (QED) is 0.548. The van der Waals surface area contributed by atoms with Gasteiger partial charge in [0.25, 0.3) is 0 Å². The fraction of sp³-hybridized carbons (Fsp3) is 0.650. The van der Waals surface area contributed by atoms with E-state index in [0.29, 0.717) is 32.7 Å². The van der Waals surface area contributed by atoms with Gasteiger partial charge in [-0.25, -0.2) is 0 Å². The molecule has 1 spiro atoms. The standard InChI is InChI=1S/C20H29NO5/c1-3-4-10-24-17-8-6-16(7-9-17)14-21-15-20(25-11-5-12-26-20)13-18(21)19(22)23-2/h6-9,18H,3-5,10-15H2,1-2H3/t18-/m1/s1. The average molecular weight is 363 g/mol. The molecule has 0 radical (unpaired) electrons. The SMILES string of the molecule is CCCCOc1ccc(CN2CC3(C[C@@H]2C(=O)OC)OCCCO3)cc1. The molecule has 6 heteroatoms. The molecule has 26 heavy (non-hydrogen) atoms. The number of hydrogen-bond donors (Lipinski definition) is 0. The summed E-state index contributed by atoms with van der Waals surface area (Å²) in [6.07, 6.45) is 3.58. The molecule has 0 unspecified atom stereocenters. The van der Waals surface area contributed by atoms with E-state index in [1.165, 1.54) is 7.11 Å². The fourth-order valence-corrected chi connectivity index (χ4v) is 3.53. The first-order valence-corrected chi connectivity index (χ1v) is 9.47. The van der Waals surface area contributed by atoms with Gasteiger partial charge in [0.2, 0.25) is 0 Å². The van der Waals surface area contributed by atoms with Crippen molar-refractivity contribution in [2.75, 3.05) is 33.5 Å². The summed E-state index contributed by atoms with van der Waals surface area (Å²) in [4.78, 5) is 14.3. The number of rotatable bonds is 7. The molecule has 1 aromatic rings. The topological polar surface area (TPSA) is 57.2 Å². The number of hydrogen-bond acceptors (Lipinski definition) is 6. The summed E-state index contributed by atoms with van der Waals surface area (Å²) in [5.41, 5.74) is 1.12. The Bertz CT molecular complexity index is 582. The number of carbonyl (C=O) groups excluding carboxylic acids is 1. The maximum absolute atomic E-state index is 12.2. The first kappa shape index (κ1) is 19.1. The summed E-state index contributed by atoms with van der Waals surface area (Å²) in [7, 11) is 1.43. The van der Waals surface area contributed by atoms with Crippen molar-refractivity contribution in [3.63, 3.8) is 0 Å². The van der Waals surface area contributed by atoms with Crippen LogP contribution in [0.5, 0.6) is 5.75 Å². The van der Waals surface area contributed by atoms with E-state index in [2.05, 4.69) is 11.8 Å². The predicted molar refractivity (Wildman–Crippen MR) is 96.9 cm³/mol. The van der Waals surface area contributed by atoms with E-state index in [9.17, 15) is 4.79 Å². The number of esters is 1. The second-order valence-electron chi connectivity index (χ2n) is 6.96. The van der Waals surface area contributed by atoms with Gasteiger partial charge >= 0.3 is 5.97 Å². The number of unbranched alkanes of at least 4 members (excludes halogenated alkanes) is 1. The van der Waals surface area contributed by atoms with Gasteiger partial charge in [-0.05, 0) is 30.5 Å². The van der Waals surface area contributed by atoms with Gasteiger partial charge in [-0.15, -0.1) is 0 Å². The highest BCUT2D eigenvalue weighted by atomic mass is 16.7. The van der Waals surface area contributed by atoms with Crippen molar-refractivity contribution in [1.29, 1.82) is 0 Å². The van der Waals surface area contributed by atoms with Crippen LogP contribution in [0.25, 0.3) is 0 Å². The van der Waals surface area contributed by atoms with Crippen molar-refractivity contribution in [3.05, 3.63) is 29.8 Å². The van der Waals surface area contributed by atoms with Crippen LogP contribution in [0.3, 0.4) is 0 Å². The lowest BCUT2D eigenvalue weighted by atomic mass is 10.1. The van der Waals surface area contributed by atoms with E-state index in [1.54, 1.807) is 0 Å². The smallest absolute Gasteiger partial charge is 0.323 e. The normalized spacial score (nSPS) is 22.5. The van der Waals surface area contributed by atoms with Gasteiger partial charge in [-0.1, -0.05) is 25.5 Å². The van der Waals surface area contributed by atoms with Gasteiger partial charge in [-0.2, -0.15) is 0 Å². The van der Waals surface area contributed by atoms with E-state index < -0.39 is 5.79 Å². The molecule has 0 bridgehead atoms. The van der Waals surface area contributed by atoms with Crippen LogP contribution in [0, 0.1) is 0 Å². The summed E-state index contributed by atoms with van der Waals surface area (Å²) in [6.45, 7) is 5.44. The number of nitrogens with zero attached hydrogens (tertiary/aromatic N) is 1. The summed E-state index contributed by atoms with van der Waals surface area (Å²) in [5, 5.41) is 0. The molecule has 1 atom stereocenters. The zero-order valence-electron chi connectivity index (χ0n) is 15.7. The molecule has 2 heterocycles. The maximum Gasteiger partial charge on any atom is 0.323 e. The zero-order chi connectivity index (χ0) is 18.4. The van der Waals surface area contributed by atoms with Crippen LogP contribution >= 0.6 is 0 Å². The largest absolute Gasteiger partial charge is 0.494 e.